The highest BCUT2D eigenvalue weighted by Gasteiger charge is 2.32. The van der Waals surface area contributed by atoms with Crippen LogP contribution in [0.2, 0.25) is 0 Å². The Kier molecular flexibility index (Phi) is 5.18. The molecule has 1 unspecified atom stereocenters. The minimum absolute atomic E-state index is 0.0421. The molecule has 1 saturated carbocycles. The van der Waals surface area contributed by atoms with E-state index in [1.807, 2.05) is 37.3 Å². The number of benzene rings is 1. The third kappa shape index (κ3) is 3.83. The van der Waals surface area contributed by atoms with Crippen molar-refractivity contribution in [2.75, 3.05) is 11.9 Å². The topological polar surface area (TPSA) is 41.1 Å². The third-order valence-corrected chi connectivity index (χ3v) is 4.63. The molecule has 1 aliphatic rings. The highest BCUT2D eigenvalue weighted by Crippen LogP contribution is 2.40. The van der Waals surface area contributed by atoms with Gasteiger partial charge in [-0.3, -0.25) is 4.79 Å². The maximum Gasteiger partial charge on any atom is 0.241 e. The van der Waals surface area contributed by atoms with Crippen LogP contribution in [0.15, 0.2) is 30.3 Å². The Morgan fingerprint density at radius 1 is 1.25 bits per heavy atom. The number of para-hydroxylation sites is 1. The standard InChI is InChI=1S/C17H26N2O/c1-3-17(11-7-8-12-17)13-18-14(2)16(20)19-15-9-5-4-6-10-15/h4-6,9-10,14,18H,3,7-8,11-13H2,1-2H3,(H,19,20). The van der Waals surface area contributed by atoms with E-state index in [0.717, 1.165) is 12.2 Å². The van der Waals surface area contributed by atoms with Gasteiger partial charge in [-0.15, -0.1) is 0 Å². The lowest BCUT2D eigenvalue weighted by atomic mass is 9.83. The molecule has 1 amide bonds. The van der Waals surface area contributed by atoms with Crippen molar-refractivity contribution >= 4 is 11.6 Å². The predicted molar refractivity (Wildman–Crippen MR) is 83.7 cm³/mol. The van der Waals surface area contributed by atoms with Crippen LogP contribution in [0.3, 0.4) is 0 Å². The van der Waals surface area contributed by atoms with Gasteiger partial charge in [-0.25, -0.2) is 0 Å². The van der Waals surface area contributed by atoms with E-state index in [-0.39, 0.29) is 11.9 Å². The minimum Gasteiger partial charge on any atom is -0.325 e. The first-order valence-electron chi connectivity index (χ1n) is 7.74. The van der Waals surface area contributed by atoms with E-state index >= 15 is 0 Å². The van der Waals surface area contributed by atoms with Crippen LogP contribution in [0, 0.1) is 5.41 Å². The molecule has 0 aliphatic heterocycles. The molecule has 1 aliphatic carbocycles. The zero-order valence-corrected chi connectivity index (χ0v) is 12.6. The summed E-state index contributed by atoms with van der Waals surface area (Å²) >= 11 is 0. The molecule has 0 radical (unpaired) electrons. The lowest BCUT2D eigenvalue weighted by Gasteiger charge is -2.29. The number of nitrogens with one attached hydrogen (secondary N) is 2. The van der Waals surface area contributed by atoms with Crippen LogP contribution < -0.4 is 10.6 Å². The fourth-order valence-electron chi connectivity index (χ4n) is 3.01. The van der Waals surface area contributed by atoms with Gasteiger partial charge in [-0.2, -0.15) is 0 Å². The van der Waals surface area contributed by atoms with Gasteiger partial charge in [0.2, 0.25) is 5.91 Å². The Morgan fingerprint density at radius 2 is 1.90 bits per heavy atom. The SMILES string of the molecule is CCC1(CNC(C)C(=O)Nc2ccccc2)CCCC1. The largest absolute Gasteiger partial charge is 0.325 e. The Morgan fingerprint density at radius 3 is 2.50 bits per heavy atom. The van der Waals surface area contributed by atoms with E-state index in [9.17, 15) is 4.79 Å². The molecule has 20 heavy (non-hydrogen) atoms. The van der Waals surface area contributed by atoms with Crippen LogP contribution in [0.25, 0.3) is 0 Å². The van der Waals surface area contributed by atoms with Crippen LogP contribution in [-0.2, 0) is 4.79 Å². The second kappa shape index (κ2) is 6.89. The van der Waals surface area contributed by atoms with Gasteiger partial charge in [0.05, 0.1) is 6.04 Å². The number of hydrogen-bond acceptors (Lipinski definition) is 2. The van der Waals surface area contributed by atoms with Crippen LogP contribution in [0.5, 0.6) is 0 Å². The smallest absolute Gasteiger partial charge is 0.241 e. The van der Waals surface area contributed by atoms with Crippen molar-refractivity contribution in [1.82, 2.24) is 5.32 Å². The summed E-state index contributed by atoms with van der Waals surface area (Å²) in [4.78, 5) is 12.1. The number of anilines is 1. The average Bonchev–Trinajstić information content (AvgIpc) is 2.95. The second-order valence-corrected chi connectivity index (χ2v) is 6.02. The summed E-state index contributed by atoms with van der Waals surface area (Å²) in [5.41, 5.74) is 1.28. The maximum absolute atomic E-state index is 12.1. The average molecular weight is 274 g/mol. The minimum atomic E-state index is -0.153. The zero-order chi connectivity index (χ0) is 14.4. The number of amides is 1. The van der Waals surface area contributed by atoms with Crippen molar-refractivity contribution in [2.45, 2.75) is 52.0 Å². The van der Waals surface area contributed by atoms with E-state index in [2.05, 4.69) is 17.6 Å². The molecule has 0 bridgehead atoms. The van der Waals surface area contributed by atoms with Gasteiger partial charge < -0.3 is 10.6 Å². The molecule has 2 N–H and O–H groups in total. The summed E-state index contributed by atoms with van der Waals surface area (Å²) in [6, 6.07) is 9.47. The van der Waals surface area contributed by atoms with E-state index in [4.69, 9.17) is 0 Å². The summed E-state index contributed by atoms with van der Waals surface area (Å²) in [6.07, 6.45) is 6.46. The molecule has 2 rings (SSSR count). The first-order valence-corrected chi connectivity index (χ1v) is 7.74. The lowest BCUT2D eigenvalue weighted by molar-refractivity contribution is -0.117. The van der Waals surface area contributed by atoms with Crippen LogP contribution in [0.1, 0.15) is 46.0 Å². The summed E-state index contributed by atoms with van der Waals surface area (Å²) in [5, 5.41) is 6.37. The fourth-order valence-corrected chi connectivity index (χ4v) is 3.01. The molecule has 3 nitrogen and oxygen atoms in total. The molecule has 1 atom stereocenters. The monoisotopic (exact) mass is 274 g/mol. The number of hydrogen-bond donors (Lipinski definition) is 2. The van der Waals surface area contributed by atoms with Gasteiger partial charge in [0.25, 0.3) is 0 Å². The van der Waals surface area contributed by atoms with Crippen molar-refractivity contribution in [3.05, 3.63) is 30.3 Å². The molecule has 1 aromatic rings. The van der Waals surface area contributed by atoms with Crippen molar-refractivity contribution < 1.29 is 4.79 Å². The van der Waals surface area contributed by atoms with Gasteiger partial charge in [-0.1, -0.05) is 38.0 Å². The number of carbonyl (C=O) groups excluding carboxylic acids is 1. The normalized spacial score (nSPS) is 18.7. The molecule has 110 valence electrons. The Hall–Kier alpha value is -1.35. The van der Waals surface area contributed by atoms with Crippen LogP contribution in [-0.4, -0.2) is 18.5 Å². The quantitative estimate of drug-likeness (QED) is 0.832. The molecule has 0 heterocycles. The molecular weight excluding hydrogens is 248 g/mol. The molecule has 3 heteroatoms. The van der Waals surface area contributed by atoms with Crippen LogP contribution >= 0.6 is 0 Å². The van der Waals surface area contributed by atoms with Gasteiger partial charge in [0.15, 0.2) is 0 Å². The van der Waals surface area contributed by atoms with Gasteiger partial charge in [0, 0.05) is 12.2 Å². The Balaban J connectivity index is 1.82. The van der Waals surface area contributed by atoms with Crippen molar-refractivity contribution in [3.63, 3.8) is 0 Å². The van der Waals surface area contributed by atoms with Gasteiger partial charge >= 0.3 is 0 Å². The molecule has 1 aromatic carbocycles. The van der Waals surface area contributed by atoms with E-state index < -0.39 is 0 Å². The second-order valence-electron chi connectivity index (χ2n) is 6.02. The lowest BCUT2D eigenvalue weighted by Crippen LogP contribution is -2.43. The first kappa shape index (κ1) is 15.0. The van der Waals surface area contributed by atoms with Crippen molar-refractivity contribution in [2.24, 2.45) is 5.41 Å². The summed E-state index contributed by atoms with van der Waals surface area (Å²) in [5.74, 6) is 0.0421. The van der Waals surface area contributed by atoms with E-state index in [1.165, 1.54) is 32.1 Å². The summed E-state index contributed by atoms with van der Waals surface area (Å²) in [6.45, 7) is 5.16. The number of carbonyl (C=O) groups is 1. The molecule has 1 fully saturated rings. The maximum atomic E-state index is 12.1. The van der Waals surface area contributed by atoms with E-state index in [0.29, 0.717) is 5.41 Å². The van der Waals surface area contributed by atoms with Gasteiger partial charge in [-0.05, 0) is 43.7 Å². The fraction of sp³-hybridized carbons (Fsp3) is 0.588. The highest BCUT2D eigenvalue weighted by molar-refractivity contribution is 5.94. The highest BCUT2D eigenvalue weighted by atomic mass is 16.2. The summed E-state index contributed by atoms with van der Waals surface area (Å²) in [7, 11) is 0. The molecule has 0 saturated heterocycles. The Bertz CT molecular complexity index is 424. The van der Waals surface area contributed by atoms with Crippen LogP contribution in [0.4, 0.5) is 5.69 Å². The number of rotatable bonds is 6. The third-order valence-electron chi connectivity index (χ3n) is 4.63. The van der Waals surface area contributed by atoms with E-state index in [1.54, 1.807) is 0 Å². The summed E-state index contributed by atoms with van der Waals surface area (Å²) < 4.78 is 0. The molecule has 0 spiro atoms. The molecule has 0 aromatic heterocycles. The van der Waals surface area contributed by atoms with Gasteiger partial charge in [0.1, 0.15) is 0 Å². The molecular formula is C17H26N2O. The van der Waals surface area contributed by atoms with Crippen molar-refractivity contribution in [1.29, 1.82) is 0 Å². The Labute approximate surface area is 122 Å². The zero-order valence-electron chi connectivity index (χ0n) is 12.6. The predicted octanol–water partition coefficient (Wildman–Crippen LogP) is 3.57. The first-order chi connectivity index (χ1) is 9.65. The van der Waals surface area contributed by atoms with Crippen molar-refractivity contribution in [3.8, 4) is 0 Å².